The van der Waals surface area contributed by atoms with Gasteiger partial charge in [0.2, 0.25) is 0 Å². The maximum Gasteiger partial charge on any atom is 0.106 e. The third kappa shape index (κ3) is 5.48. The lowest BCUT2D eigenvalue weighted by Gasteiger charge is -2.32. The first-order valence-electron chi connectivity index (χ1n) is 6.12. The fourth-order valence-corrected chi connectivity index (χ4v) is 1.79. The van der Waals surface area contributed by atoms with Gasteiger partial charge < -0.3 is 4.74 Å². The molecule has 16 heavy (non-hydrogen) atoms. The van der Waals surface area contributed by atoms with Crippen molar-refractivity contribution in [2.45, 2.75) is 71.6 Å². The summed E-state index contributed by atoms with van der Waals surface area (Å²) in [7, 11) is 0. The molecule has 0 aromatic rings. The lowest BCUT2D eigenvalue weighted by atomic mass is 9.95. The Morgan fingerprint density at radius 1 is 1.31 bits per heavy atom. The van der Waals surface area contributed by atoms with Crippen LogP contribution in [0.4, 0.5) is 0 Å². The molecule has 0 rings (SSSR count). The molecule has 0 saturated carbocycles. The van der Waals surface area contributed by atoms with Gasteiger partial charge in [0.05, 0.1) is 17.8 Å². The van der Waals surface area contributed by atoms with E-state index in [9.17, 15) is 0 Å². The van der Waals surface area contributed by atoms with Crippen molar-refractivity contribution in [3.63, 3.8) is 0 Å². The van der Waals surface area contributed by atoms with Crippen LogP contribution in [0.3, 0.4) is 0 Å². The highest BCUT2D eigenvalue weighted by atomic mass is 16.5. The number of hydrogen-bond acceptors (Lipinski definition) is 3. The van der Waals surface area contributed by atoms with E-state index in [0.29, 0.717) is 6.42 Å². The van der Waals surface area contributed by atoms with Crippen molar-refractivity contribution in [3.8, 4) is 6.07 Å². The molecule has 0 saturated heterocycles. The second kappa shape index (κ2) is 6.22. The van der Waals surface area contributed by atoms with E-state index in [-0.39, 0.29) is 11.7 Å². The fraction of sp³-hybridized carbons (Fsp3) is 0.923. The van der Waals surface area contributed by atoms with Crippen LogP contribution in [0.15, 0.2) is 0 Å². The summed E-state index contributed by atoms with van der Waals surface area (Å²) in [6.45, 7) is 13.0. The molecular formula is C13H26N2O. The summed E-state index contributed by atoms with van der Waals surface area (Å²) in [5, 5.41) is 12.4. The molecule has 2 unspecified atom stereocenters. The first kappa shape index (κ1) is 15.4. The highest BCUT2D eigenvalue weighted by Gasteiger charge is 2.28. The van der Waals surface area contributed by atoms with Crippen molar-refractivity contribution in [2.75, 3.05) is 6.54 Å². The van der Waals surface area contributed by atoms with Crippen LogP contribution in [-0.2, 0) is 4.74 Å². The summed E-state index contributed by atoms with van der Waals surface area (Å²) in [6, 6.07) is 2.32. The van der Waals surface area contributed by atoms with Crippen LogP contribution in [0.2, 0.25) is 0 Å². The SMILES string of the molecule is CCNC(C)(C#N)CC(C)OC(C)(C)CC. The smallest absolute Gasteiger partial charge is 0.106 e. The molecule has 0 amide bonds. The number of nitrogens with zero attached hydrogens (tertiary/aromatic N) is 1. The molecule has 0 aliphatic rings. The van der Waals surface area contributed by atoms with E-state index in [1.165, 1.54) is 0 Å². The molecule has 0 spiro atoms. The number of hydrogen-bond donors (Lipinski definition) is 1. The standard InChI is InChI=1S/C13H26N2O/c1-7-12(4,5)16-11(3)9-13(6,10-14)15-8-2/h11,15H,7-9H2,1-6H3. The zero-order valence-electron chi connectivity index (χ0n) is 11.6. The molecule has 0 radical (unpaired) electrons. The molecule has 3 heteroatoms. The van der Waals surface area contributed by atoms with Crippen LogP contribution in [0, 0.1) is 11.3 Å². The predicted octanol–water partition coefficient (Wildman–Crippen LogP) is 2.86. The largest absolute Gasteiger partial charge is 0.373 e. The Balaban J connectivity index is 4.33. The minimum Gasteiger partial charge on any atom is -0.373 e. The maximum atomic E-state index is 9.15. The van der Waals surface area contributed by atoms with E-state index < -0.39 is 5.54 Å². The van der Waals surface area contributed by atoms with Crippen molar-refractivity contribution < 1.29 is 4.74 Å². The third-order valence-corrected chi connectivity index (χ3v) is 2.88. The molecule has 1 N–H and O–H groups in total. The monoisotopic (exact) mass is 226 g/mol. The van der Waals surface area contributed by atoms with Crippen LogP contribution >= 0.6 is 0 Å². The minimum absolute atomic E-state index is 0.0821. The molecule has 0 aromatic carbocycles. The van der Waals surface area contributed by atoms with Gasteiger partial charge in [-0.15, -0.1) is 0 Å². The van der Waals surface area contributed by atoms with E-state index in [0.717, 1.165) is 13.0 Å². The van der Waals surface area contributed by atoms with Gasteiger partial charge in [0.15, 0.2) is 0 Å². The van der Waals surface area contributed by atoms with Crippen molar-refractivity contribution in [3.05, 3.63) is 0 Å². The topological polar surface area (TPSA) is 45.0 Å². The van der Waals surface area contributed by atoms with Crippen molar-refractivity contribution in [1.82, 2.24) is 5.32 Å². The first-order valence-corrected chi connectivity index (χ1v) is 6.12. The van der Waals surface area contributed by atoms with E-state index >= 15 is 0 Å². The van der Waals surface area contributed by atoms with Gasteiger partial charge in [-0.1, -0.05) is 13.8 Å². The van der Waals surface area contributed by atoms with Gasteiger partial charge in [-0.3, -0.25) is 5.32 Å². The summed E-state index contributed by atoms with van der Waals surface area (Å²) < 4.78 is 5.94. The molecule has 2 atom stereocenters. The van der Waals surface area contributed by atoms with Gasteiger partial charge in [0.25, 0.3) is 0 Å². The van der Waals surface area contributed by atoms with Crippen LogP contribution < -0.4 is 5.32 Å². The molecule has 0 heterocycles. The molecule has 0 aliphatic carbocycles. The van der Waals surface area contributed by atoms with E-state index in [1.54, 1.807) is 0 Å². The Labute approximate surface area is 100 Å². The van der Waals surface area contributed by atoms with Gasteiger partial charge in [-0.05, 0) is 40.7 Å². The molecule has 0 bridgehead atoms. The Morgan fingerprint density at radius 2 is 1.88 bits per heavy atom. The van der Waals surface area contributed by atoms with Gasteiger partial charge in [-0.25, -0.2) is 0 Å². The second-order valence-electron chi connectivity index (χ2n) is 5.22. The van der Waals surface area contributed by atoms with Crippen molar-refractivity contribution in [1.29, 1.82) is 5.26 Å². The lowest BCUT2D eigenvalue weighted by molar-refractivity contribution is -0.0735. The first-order chi connectivity index (χ1) is 7.28. The summed E-state index contributed by atoms with van der Waals surface area (Å²) in [6.07, 6.45) is 1.77. The van der Waals surface area contributed by atoms with Crippen LogP contribution in [0.1, 0.15) is 54.4 Å². The Hall–Kier alpha value is -0.590. The molecule has 0 aliphatic heterocycles. The zero-order chi connectivity index (χ0) is 12.8. The Bertz CT molecular complexity index is 245. The molecule has 0 aromatic heterocycles. The van der Waals surface area contributed by atoms with Crippen molar-refractivity contribution in [2.24, 2.45) is 0 Å². The van der Waals surface area contributed by atoms with Gasteiger partial charge in [0.1, 0.15) is 5.54 Å². The van der Waals surface area contributed by atoms with Gasteiger partial charge in [0, 0.05) is 6.42 Å². The highest BCUT2D eigenvalue weighted by molar-refractivity contribution is 5.04. The summed E-state index contributed by atoms with van der Waals surface area (Å²) in [4.78, 5) is 0. The third-order valence-electron chi connectivity index (χ3n) is 2.88. The molecular weight excluding hydrogens is 200 g/mol. The summed E-state index contributed by atoms with van der Waals surface area (Å²) in [5.41, 5.74) is -0.597. The second-order valence-corrected chi connectivity index (χ2v) is 5.22. The average molecular weight is 226 g/mol. The van der Waals surface area contributed by atoms with Crippen LogP contribution in [0.25, 0.3) is 0 Å². The zero-order valence-corrected chi connectivity index (χ0v) is 11.6. The number of nitriles is 1. The molecule has 0 fully saturated rings. The van der Waals surface area contributed by atoms with E-state index in [2.05, 4.69) is 32.2 Å². The fourth-order valence-electron chi connectivity index (χ4n) is 1.79. The van der Waals surface area contributed by atoms with Crippen molar-refractivity contribution >= 4 is 0 Å². The maximum absolute atomic E-state index is 9.15. The number of ether oxygens (including phenoxy) is 1. The number of rotatable bonds is 7. The van der Waals surface area contributed by atoms with E-state index in [1.807, 2.05) is 20.8 Å². The van der Waals surface area contributed by atoms with Crippen LogP contribution in [0.5, 0.6) is 0 Å². The quantitative estimate of drug-likeness (QED) is 0.726. The summed E-state index contributed by atoms with van der Waals surface area (Å²) in [5.74, 6) is 0. The van der Waals surface area contributed by atoms with E-state index in [4.69, 9.17) is 10.00 Å². The minimum atomic E-state index is -0.488. The Kier molecular flexibility index (Phi) is 5.99. The molecule has 94 valence electrons. The molecule has 3 nitrogen and oxygen atoms in total. The average Bonchev–Trinajstić information content (AvgIpc) is 2.17. The van der Waals surface area contributed by atoms with Gasteiger partial charge in [-0.2, -0.15) is 5.26 Å². The lowest BCUT2D eigenvalue weighted by Crippen LogP contribution is -2.44. The van der Waals surface area contributed by atoms with Gasteiger partial charge >= 0.3 is 0 Å². The summed E-state index contributed by atoms with van der Waals surface area (Å²) >= 11 is 0. The number of nitrogens with one attached hydrogen (secondary N) is 1. The Morgan fingerprint density at radius 3 is 2.25 bits per heavy atom. The highest BCUT2D eigenvalue weighted by Crippen LogP contribution is 2.21. The van der Waals surface area contributed by atoms with Crippen LogP contribution in [-0.4, -0.2) is 23.8 Å². The normalized spacial score (nSPS) is 17.6. The predicted molar refractivity (Wildman–Crippen MR) is 67.2 cm³/mol.